The van der Waals surface area contributed by atoms with Crippen molar-refractivity contribution in [1.29, 1.82) is 0 Å². The zero-order valence-corrected chi connectivity index (χ0v) is 9.86. The summed E-state index contributed by atoms with van der Waals surface area (Å²) in [5.41, 5.74) is 0.516. The number of rotatable bonds is 5. The number of carbonyl (C=O) groups is 2. The van der Waals surface area contributed by atoms with Crippen molar-refractivity contribution < 1.29 is 19.1 Å². The van der Waals surface area contributed by atoms with Crippen LogP contribution in [-0.4, -0.2) is 32.1 Å². The van der Waals surface area contributed by atoms with Gasteiger partial charge in [-0.05, 0) is 31.2 Å². The standard InChI is InChI=1S/C12H15NO4/c1-3-17-12(15)13-8-11(14)9-4-6-10(16-2)7-5-9/h4-7H,3,8H2,1-2H3,(H,13,15). The predicted molar refractivity (Wildman–Crippen MR) is 62.3 cm³/mol. The van der Waals surface area contributed by atoms with E-state index in [2.05, 4.69) is 10.1 Å². The maximum absolute atomic E-state index is 11.6. The normalized spacial score (nSPS) is 9.53. The van der Waals surface area contributed by atoms with E-state index in [-0.39, 0.29) is 18.9 Å². The van der Waals surface area contributed by atoms with Crippen LogP contribution in [0.1, 0.15) is 17.3 Å². The predicted octanol–water partition coefficient (Wildman–Crippen LogP) is 1.62. The molecule has 0 fully saturated rings. The largest absolute Gasteiger partial charge is 0.497 e. The van der Waals surface area contributed by atoms with Gasteiger partial charge in [-0.2, -0.15) is 0 Å². The van der Waals surface area contributed by atoms with E-state index < -0.39 is 6.09 Å². The van der Waals surface area contributed by atoms with Gasteiger partial charge in [0.2, 0.25) is 0 Å². The molecule has 1 N–H and O–H groups in total. The zero-order chi connectivity index (χ0) is 12.7. The van der Waals surface area contributed by atoms with Gasteiger partial charge in [-0.1, -0.05) is 0 Å². The number of alkyl carbamates (subject to hydrolysis) is 1. The monoisotopic (exact) mass is 237 g/mol. The molecule has 0 aliphatic rings. The smallest absolute Gasteiger partial charge is 0.407 e. The van der Waals surface area contributed by atoms with Crippen molar-refractivity contribution in [3.05, 3.63) is 29.8 Å². The van der Waals surface area contributed by atoms with Crippen LogP contribution in [0.15, 0.2) is 24.3 Å². The summed E-state index contributed by atoms with van der Waals surface area (Å²) >= 11 is 0. The first-order valence-electron chi connectivity index (χ1n) is 5.25. The van der Waals surface area contributed by atoms with E-state index in [1.165, 1.54) is 0 Å². The molecule has 0 unspecified atom stereocenters. The summed E-state index contributed by atoms with van der Waals surface area (Å²) < 4.78 is 9.62. The number of ether oxygens (including phenoxy) is 2. The molecule has 0 aliphatic carbocycles. The maximum atomic E-state index is 11.6. The molecule has 0 saturated carbocycles. The molecule has 5 nitrogen and oxygen atoms in total. The Hall–Kier alpha value is -2.04. The number of benzene rings is 1. The van der Waals surface area contributed by atoms with Crippen LogP contribution in [0, 0.1) is 0 Å². The Kier molecular flexibility index (Phi) is 5.00. The highest BCUT2D eigenvalue weighted by Gasteiger charge is 2.08. The van der Waals surface area contributed by atoms with Gasteiger partial charge in [0.1, 0.15) is 5.75 Å². The highest BCUT2D eigenvalue weighted by Crippen LogP contribution is 2.11. The van der Waals surface area contributed by atoms with Gasteiger partial charge >= 0.3 is 6.09 Å². The molecule has 5 heteroatoms. The lowest BCUT2D eigenvalue weighted by Gasteiger charge is -2.05. The summed E-state index contributed by atoms with van der Waals surface area (Å²) in [7, 11) is 1.55. The second-order valence-corrected chi connectivity index (χ2v) is 3.23. The van der Waals surface area contributed by atoms with Crippen LogP contribution >= 0.6 is 0 Å². The minimum absolute atomic E-state index is 0.0782. The van der Waals surface area contributed by atoms with Crippen LogP contribution < -0.4 is 10.1 Å². The number of hydrogen-bond acceptors (Lipinski definition) is 4. The van der Waals surface area contributed by atoms with Crippen LogP contribution in [0.5, 0.6) is 5.75 Å². The summed E-state index contributed by atoms with van der Waals surface area (Å²) in [6.07, 6.45) is -0.589. The highest BCUT2D eigenvalue weighted by molar-refractivity contribution is 5.98. The lowest BCUT2D eigenvalue weighted by molar-refractivity contribution is 0.0979. The maximum Gasteiger partial charge on any atom is 0.407 e. The Bertz CT molecular complexity index is 386. The fraction of sp³-hybridized carbons (Fsp3) is 0.333. The van der Waals surface area contributed by atoms with Crippen LogP contribution in [0.4, 0.5) is 4.79 Å². The molecule has 0 heterocycles. The van der Waals surface area contributed by atoms with Gasteiger partial charge in [-0.3, -0.25) is 4.79 Å². The number of ketones is 1. The Morgan fingerprint density at radius 2 is 1.88 bits per heavy atom. The van der Waals surface area contributed by atoms with Crippen molar-refractivity contribution in [3.8, 4) is 5.75 Å². The second kappa shape index (κ2) is 6.52. The first-order valence-corrected chi connectivity index (χ1v) is 5.25. The summed E-state index contributed by atoms with van der Waals surface area (Å²) in [5.74, 6) is 0.501. The number of methoxy groups -OCH3 is 1. The Morgan fingerprint density at radius 1 is 1.24 bits per heavy atom. The third-order valence-electron chi connectivity index (χ3n) is 2.08. The Labute approximate surface area is 99.7 Å². The van der Waals surface area contributed by atoms with Crippen LogP contribution in [-0.2, 0) is 4.74 Å². The number of hydrogen-bond donors (Lipinski definition) is 1. The van der Waals surface area contributed by atoms with Crippen molar-refractivity contribution in [2.75, 3.05) is 20.3 Å². The van der Waals surface area contributed by atoms with Crippen molar-refractivity contribution in [1.82, 2.24) is 5.32 Å². The average Bonchev–Trinajstić information content (AvgIpc) is 2.36. The second-order valence-electron chi connectivity index (χ2n) is 3.23. The molecule has 0 spiro atoms. The number of nitrogens with one attached hydrogen (secondary N) is 1. The fourth-order valence-electron chi connectivity index (χ4n) is 1.21. The van der Waals surface area contributed by atoms with Gasteiger partial charge in [-0.15, -0.1) is 0 Å². The van der Waals surface area contributed by atoms with Crippen molar-refractivity contribution >= 4 is 11.9 Å². The first-order chi connectivity index (χ1) is 8.17. The average molecular weight is 237 g/mol. The summed E-state index contributed by atoms with van der Waals surface area (Å²) in [5, 5.41) is 2.37. The van der Waals surface area contributed by atoms with Crippen LogP contribution in [0.25, 0.3) is 0 Å². The molecule has 1 aromatic rings. The third-order valence-corrected chi connectivity index (χ3v) is 2.08. The lowest BCUT2D eigenvalue weighted by atomic mass is 10.1. The van der Waals surface area contributed by atoms with Crippen molar-refractivity contribution in [2.24, 2.45) is 0 Å². The van der Waals surface area contributed by atoms with Gasteiger partial charge in [0, 0.05) is 5.56 Å². The molecule has 0 radical (unpaired) electrons. The van der Waals surface area contributed by atoms with Crippen LogP contribution in [0.3, 0.4) is 0 Å². The quantitative estimate of drug-likeness (QED) is 0.790. The van der Waals surface area contributed by atoms with Crippen LogP contribution in [0.2, 0.25) is 0 Å². The molecule has 1 amide bonds. The Morgan fingerprint density at radius 3 is 2.41 bits per heavy atom. The van der Waals surface area contributed by atoms with Crippen molar-refractivity contribution in [2.45, 2.75) is 6.92 Å². The highest BCUT2D eigenvalue weighted by atomic mass is 16.5. The third kappa shape index (κ3) is 4.14. The fourth-order valence-corrected chi connectivity index (χ4v) is 1.21. The molecule has 17 heavy (non-hydrogen) atoms. The van der Waals surface area contributed by atoms with E-state index >= 15 is 0 Å². The van der Waals surface area contributed by atoms with E-state index in [0.717, 1.165) is 0 Å². The molecule has 0 aromatic heterocycles. The SMILES string of the molecule is CCOC(=O)NCC(=O)c1ccc(OC)cc1. The van der Waals surface area contributed by atoms with Gasteiger partial charge in [0.05, 0.1) is 20.3 Å². The zero-order valence-electron chi connectivity index (χ0n) is 9.86. The van der Waals surface area contributed by atoms with E-state index in [4.69, 9.17) is 4.74 Å². The Balaban J connectivity index is 2.49. The topological polar surface area (TPSA) is 64.6 Å². The molecule has 1 rings (SSSR count). The number of Topliss-reactive ketones (excluding diaryl/α,β-unsaturated/α-hetero) is 1. The molecule has 1 aromatic carbocycles. The molecular formula is C12H15NO4. The molecule has 0 atom stereocenters. The molecule has 92 valence electrons. The van der Waals surface area contributed by atoms with Crippen molar-refractivity contribution in [3.63, 3.8) is 0 Å². The molecule has 0 aliphatic heterocycles. The van der Waals surface area contributed by atoms with Gasteiger partial charge < -0.3 is 14.8 Å². The molecule has 0 saturated heterocycles. The van der Waals surface area contributed by atoms with Gasteiger partial charge in [0.15, 0.2) is 5.78 Å². The number of amides is 1. The molecule has 0 bridgehead atoms. The van der Waals surface area contributed by atoms with E-state index in [1.54, 1.807) is 38.3 Å². The summed E-state index contributed by atoms with van der Waals surface area (Å²) in [6.45, 7) is 1.90. The first kappa shape index (κ1) is 13.0. The summed E-state index contributed by atoms with van der Waals surface area (Å²) in [4.78, 5) is 22.6. The van der Waals surface area contributed by atoms with Gasteiger partial charge in [0.25, 0.3) is 0 Å². The van der Waals surface area contributed by atoms with E-state index in [0.29, 0.717) is 11.3 Å². The number of carbonyl (C=O) groups excluding carboxylic acids is 2. The minimum atomic E-state index is -0.589. The summed E-state index contributed by atoms with van der Waals surface area (Å²) in [6, 6.07) is 6.68. The van der Waals surface area contributed by atoms with E-state index in [9.17, 15) is 9.59 Å². The minimum Gasteiger partial charge on any atom is -0.497 e. The molecular weight excluding hydrogens is 222 g/mol. The van der Waals surface area contributed by atoms with E-state index in [1.807, 2.05) is 0 Å². The lowest BCUT2D eigenvalue weighted by Crippen LogP contribution is -2.30. The van der Waals surface area contributed by atoms with Gasteiger partial charge in [-0.25, -0.2) is 4.79 Å².